The van der Waals surface area contributed by atoms with Gasteiger partial charge in [-0.25, -0.2) is 19.1 Å². The molecule has 0 unspecified atom stereocenters. The average molecular weight is 1080 g/mol. The van der Waals surface area contributed by atoms with E-state index in [1.54, 1.807) is 169 Å². The molecule has 6 aromatic rings. The average Bonchev–Trinajstić information content (AvgIpc) is 3.37. The molecule has 0 aliphatic carbocycles. The first-order valence-corrected chi connectivity index (χ1v) is 31.2. The fraction of sp³-hybridized carbons (Fsp3) is 0.0909. The predicted octanol–water partition coefficient (Wildman–Crippen LogP) is 11.7. The third-order valence-corrected chi connectivity index (χ3v) is 23.2. The molecule has 0 aromatic heterocycles. The molecule has 0 amide bonds. The summed E-state index contributed by atoms with van der Waals surface area (Å²) >= 11 is 24.1. The van der Waals surface area contributed by atoms with Crippen LogP contribution in [0.5, 0.6) is 23.0 Å². The molecule has 0 fully saturated rings. The Morgan fingerprint density at radius 1 is 0.386 bits per heavy atom. The number of rotatable bonds is 4. The Hall–Kier alpha value is -6.38. The van der Waals surface area contributed by atoms with Gasteiger partial charge in [0, 0.05) is 58.4 Å². The van der Waals surface area contributed by atoms with Crippen LogP contribution in [-0.2, 0) is 47.2 Å². The van der Waals surface area contributed by atoms with E-state index in [9.17, 15) is 11.1 Å². The Balaban J connectivity index is 1.22. The Labute approximate surface area is 425 Å². The summed E-state index contributed by atoms with van der Waals surface area (Å²) in [5, 5.41) is 20.8. The maximum Gasteiger partial charge on any atom is 0.379 e. The molecule has 0 radical (unpaired) electrons. The van der Waals surface area contributed by atoms with Gasteiger partial charge in [0.25, 0.3) is 0 Å². The molecule has 0 spiro atoms. The zero-order valence-electron chi connectivity index (χ0n) is 37.6. The van der Waals surface area contributed by atoms with Crippen molar-refractivity contribution in [1.82, 2.24) is 19.1 Å². The first-order chi connectivity index (χ1) is 33.6. The molecule has 7 aliphatic heterocycles. The lowest BCUT2D eigenvalue weighted by atomic mass is 10.2. The standard InChI is InChI=1S/C44H42N14O4P4S4/c1-55-47-31-35-15-23-39(24-16-35)59-65(69,53-51-45)61-41-27-19-37(20-28-41)33-49-57(3)64(68,44-13-9-6-10-14-44)58(4)50-34-38-21-29-42(30-22-38)62-66(70,54-52-46)60-40-25-17-36(18-26-40)32-48-56(2)63(55,67)43-11-7-5-8-12-43/h5-34H,1-4H3/b47-31+,48-32+,49-33+,50-34+. The molecule has 26 heteroatoms. The lowest BCUT2D eigenvalue weighted by Gasteiger charge is -2.35. The third-order valence-electron chi connectivity index (χ3n) is 9.95. The summed E-state index contributed by atoms with van der Waals surface area (Å²) in [5.74, 6) is 1.31. The van der Waals surface area contributed by atoms with Crippen LogP contribution in [0.4, 0.5) is 0 Å². The second kappa shape index (κ2) is 23.0. The molecule has 0 atom stereocenters. The highest BCUT2D eigenvalue weighted by molar-refractivity contribution is 8.16. The maximum atomic E-state index is 9.47. The Morgan fingerprint density at radius 2 is 0.614 bits per heavy atom. The summed E-state index contributed by atoms with van der Waals surface area (Å²) in [7, 11) is 7.22. The second-order valence-electron chi connectivity index (χ2n) is 14.6. The van der Waals surface area contributed by atoms with Crippen LogP contribution in [0.1, 0.15) is 22.3 Å². The highest BCUT2D eigenvalue weighted by Crippen LogP contribution is 2.54. The number of hydrazone groups is 4. The van der Waals surface area contributed by atoms with Gasteiger partial charge in [0.05, 0.1) is 24.9 Å². The van der Waals surface area contributed by atoms with Gasteiger partial charge < -0.3 is 18.1 Å². The molecule has 0 saturated heterocycles. The number of azide groups is 2. The summed E-state index contributed by atoms with van der Waals surface area (Å²) in [5.41, 5.74) is 21.8. The number of nitrogens with zero attached hydrogens (tertiary/aromatic N) is 14. The van der Waals surface area contributed by atoms with E-state index >= 15 is 0 Å². The van der Waals surface area contributed by atoms with E-state index in [4.69, 9.17) is 85.7 Å². The zero-order chi connectivity index (χ0) is 49.8. The molecule has 0 saturated carbocycles. The molecule has 7 heterocycles. The molecular weight excluding hydrogens is 1040 g/mol. The van der Waals surface area contributed by atoms with Gasteiger partial charge in [0.15, 0.2) is 12.7 Å². The van der Waals surface area contributed by atoms with Crippen LogP contribution < -0.4 is 28.7 Å². The van der Waals surface area contributed by atoms with E-state index in [1.165, 1.54) is 0 Å². The molecule has 70 heavy (non-hydrogen) atoms. The molecule has 6 aromatic carbocycles. The SMILES string of the molecule is CN1/N=C/c2ccc(cc2)OP(=S)(N=[N+]=[N-])Oc2ccc(cc2)/C=N/N(C)P(=S)(c2ccccc2)N(C)/N=C/c2ccc(cc2)OP(=S)(N=[N+]=[N-])Oc2ccc(cc2)/C=N/N(C)P1(=S)c1ccccc1. The summed E-state index contributed by atoms with van der Waals surface area (Å²) in [6, 6.07) is 46.9. The normalized spacial score (nSPS) is 23.8. The molecule has 0 N–H and O–H groups in total. The van der Waals surface area contributed by atoms with Crippen molar-refractivity contribution in [3.8, 4) is 23.0 Å². The van der Waals surface area contributed by atoms with Gasteiger partial charge in [-0.1, -0.05) is 60.7 Å². The van der Waals surface area contributed by atoms with Crippen molar-refractivity contribution in [3.63, 3.8) is 0 Å². The van der Waals surface area contributed by atoms with Gasteiger partial charge in [0.1, 0.15) is 23.0 Å². The lowest BCUT2D eigenvalue weighted by Crippen LogP contribution is -2.27. The summed E-state index contributed by atoms with van der Waals surface area (Å²) in [4.78, 5) is 13.4. The van der Waals surface area contributed by atoms with Crippen molar-refractivity contribution in [3.05, 3.63) is 201 Å². The van der Waals surface area contributed by atoms with E-state index in [2.05, 4.69) is 19.6 Å². The minimum atomic E-state index is -3.59. The van der Waals surface area contributed by atoms with Crippen LogP contribution in [-0.4, -0.2) is 72.2 Å². The molecular formula is C44H42N14O4P4S4. The van der Waals surface area contributed by atoms with Crippen LogP contribution >= 0.6 is 26.0 Å². The van der Waals surface area contributed by atoms with Crippen molar-refractivity contribution >= 4 is 109 Å². The van der Waals surface area contributed by atoms with Crippen LogP contribution in [0.15, 0.2) is 188 Å². The molecule has 18 nitrogen and oxygen atoms in total. The van der Waals surface area contributed by atoms with E-state index in [0.29, 0.717) is 23.0 Å². The monoisotopic (exact) mass is 1080 g/mol. The van der Waals surface area contributed by atoms with Crippen LogP contribution in [0.2, 0.25) is 0 Å². The molecule has 7 aliphatic rings. The van der Waals surface area contributed by atoms with Gasteiger partial charge in [-0.3, -0.25) is 0 Å². The summed E-state index contributed by atoms with van der Waals surface area (Å²) < 4.78 is 31.1. The van der Waals surface area contributed by atoms with Crippen LogP contribution in [0, 0.1) is 0 Å². The predicted molar refractivity (Wildman–Crippen MR) is 297 cm³/mol. The first-order valence-electron chi connectivity index (χ1n) is 20.6. The van der Waals surface area contributed by atoms with Crippen LogP contribution in [0.25, 0.3) is 20.9 Å². The van der Waals surface area contributed by atoms with Gasteiger partial charge in [0.2, 0.25) is 0 Å². The maximum absolute atomic E-state index is 9.47. The summed E-state index contributed by atoms with van der Waals surface area (Å²) in [6.45, 7) is -7.18. The highest BCUT2D eigenvalue weighted by Gasteiger charge is 2.31. The first kappa shape index (κ1) is 51.5. The fourth-order valence-electron chi connectivity index (χ4n) is 6.37. The van der Waals surface area contributed by atoms with E-state index in [-0.39, 0.29) is 0 Å². The smallest absolute Gasteiger partial charge is 0.379 e. The Morgan fingerprint density at radius 3 is 0.829 bits per heavy atom. The topological polar surface area (TPSA) is 197 Å². The van der Waals surface area contributed by atoms with Crippen molar-refractivity contribution in [1.29, 1.82) is 0 Å². The highest BCUT2D eigenvalue weighted by atomic mass is 32.5. The van der Waals surface area contributed by atoms with E-state index in [0.717, 1.165) is 32.9 Å². The molecule has 13 rings (SSSR count). The number of hydrogen-bond acceptors (Lipinski definition) is 12. The lowest BCUT2D eigenvalue weighted by molar-refractivity contribution is 0.486. The minimum Gasteiger partial charge on any atom is -0.431 e. The second-order valence-corrected chi connectivity index (χ2v) is 28.9. The van der Waals surface area contributed by atoms with Crippen LogP contribution in [0.3, 0.4) is 0 Å². The zero-order valence-corrected chi connectivity index (χ0v) is 44.5. The quantitative estimate of drug-likeness (QED) is 0.0702. The van der Waals surface area contributed by atoms with Gasteiger partial charge >= 0.3 is 13.3 Å². The van der Waals surface area contributed by atoms with E-state index in [1.807, 2.05) is 60.7 Å². The Bertz CT molecular complexity index is 2860. The van der Waals surface area contributed by atoms with Crippen molar-refractivity contribution < 1.29 is 18.1 Å². The number of hydrogen-bond donors (Lipinski definition) is 0. The fourth-order valence-corrected chi connectivity index (χ4v) is 14.8. The summed E-state index contributed by atoms with van der Waals surface area (Å²) in [6.07, 6.45) is 1.01. The third kappa shape index (κ3) is 12.7. The Kier molecular flexibility index (Phi) is 16.9. The molecule has 8 bridgehead atoms. The van der Waals surface area contributed by atoms with Crippen molar-refractivity contribution in [2.45, 2.75) is 0 Å². The van der Waals surface area contributed by atoms with Crippen molar-refractivity contribution in [2.24, 2.45) is 30.2 Å². The molecule has 356 valence electrons. The van der Waals surface area contributed by atoms with Crippen molar-refractivity contribution in [2.75, 3.05) is 28.2 Å². The largest absolute Gasteiger partial charge is 0.431 e. The van der Waals surface area contributed by atoms with Gasteiger partial charge in [-0.05, 0) is 178 Å². The minimum absolute atomic E-state index is 0.329. The van der Waals surface area contributed by atoms with Gasteiger partial charge in [-0.2, -0.15) is 20.4 Å². The van der Waals surface area contributed by atoms with E-state index < -0.39 is 26.0 Å². The number of benzene rings is 6. The van der Waals surface area contributed by atoms with Gasteiger partial charge in [-0.15, -0.1) is 0 Å².